The third kappa shape index (κ3) is 4.04. The maximum Gasteiger partial charge on any atom is 0.279 e. The van der Waals surface area contributed by atoms with Crippen LogP contribution in [-0.2, 0) is 4.79 Å². The van der Waals surface area contributed by atoms with Gasteiger partial charge in [-0.1, -0.05) is 30.3 Å². The Hall–Kier alpha value is -3.85. The number of nitro groups is 1. The van der Waals surface area contributed by atoms with Crippen LogP contribution in [0.2, 0.25) is 0 Å². The SMILES string of the molecule is O=C(COc1ccc([N+](=O)[O-])c2cccnc12)Nc1nc(-c2ccccc2)cs1. The van der Waals surface area contributed by atoms with Crippen LogP contribution in [0.5, 0.6) is 5.75 Å². The first kappa shape index (κ1) is 18.5. The number of pyridine rings is 1. The van der Waals surface area contributed by atoms with E-state index in [2.05, 4.69) is 15.3 Å². The molecule has 1 amide bonds. The summed E-state index contributed by atoms with van der Waals surface area (Å²) < 4.78 is 5.56. The molecular weight excluding hydrogens is 392 g/mol. The van der Waals surface area contributed by atoms with Gasteiger partial charge in [0.1, 0.15) is 11.3 Å². The molecule has 0 aliphatic heterocycles. The highest BCUT2D eigenvalue weighted by molar-refractivity contribution is 7.14. The summed E-state index contributed by atoms with van der Waals surface area (Å²) in [6.45, 7) is -0.274. The fourth-order valence-corrected chi connectivity index (χ4v) is 3.51. The van der Waals surface area contributed by atoms with E-state index in [9.17, 15) is 14.9 Å². The van der Waals surface area contributed by atoms with Gasteiger partial charge < -0.3 is 4.74 Å². The minimum absolute atomic E-state index is 0.0684. The number of thiazole rings is 1. The third-order valence-corrected chi connectivity index (χ3v) is 4.84. The molecule has 2 aromatic heterocycles. The topological polar surface area (TPSA) is 107 Å². The molecule has 1 N–H and O–H groups in total. The number of fused-ring (bicyclic) bond motifs is 1. The Bertz CT molecular complexity index is 1190. The van der Waals surface area contributed by atoms with Crippen molar-refractivity contribution in [1.82, 2.24) is 9.97 Å². The summed E-state index contributed by atoms with van der Waals surface area (Å²) in [5.74, 6) is -0.0909. The highest BCUT2D eigenvalue weighted by atomic mass is 32.1. The second kappa shape index (κ2) is 8.03. The fourth-order valence-electron chi connectivity index (χ4n) is 2.78. The van der Waals surface area contributed by atoms with Gasteiger partial charge in [0.15, 0.2) is 11.7 Å². The molecule has 0 fully saturated rings. The molecule has 0 radical (unpaired) electrons. The zero-order valence-corrected chi connectivity index (χ0v) is 15.8. The van der Waals surface area contributed by atoms with E-state index in [1.807, 2.05) is 35.7 Å². The molecule has 2 aromatic carbocycles. The average Bonchev–Trinajstić information content (AvgIpc) is 3.21. The maximum atomic E-state index is 12.2. The number of hydrogen-bond acceptors (Lipinski definition) is 7. The van der Waals surface area contributed by atoms with Gasteiger partial charge in [-0.05, 0) is 18.2 Å². The highest BCUT2D eigenvalue weighted by Gasteiger charge is 2.16. The Morgan fingerprint density at radius 2 is 1.97 bits per heavy atom. The maximum absolute atomic E-state index is 12.2. The molecule has 0 aliphatic carbocycles. The van der Waals surface area contributed by atoms with E-state index >= 15 is 0 Å². The number of nitro benzene ring substituents is 1. The normalized spacial score (nSPS) is 10.6. The molecule has 0 unspecified atom stereocenters. The Morgan fingerprint density at radius 3 is 2.76 bits per heavy atom. The van der Waals surface area contributed by atoms with Crippen molar-refractivity contribution < 1.29 is 14.5 Å². The van der Waals surface area contributed by atoms with Crippen LogP contribution in [-0.4, -0.2) is 27.4 Å². The van der Waals surface area contributed by atoms with Crippen LogP contribution in [0, 0.1) is 10.1 Å². The Morgan fingerprint density at radius 1 is 1.14 bits per heavy atom. The van der Waals surface area contributed by atoms with Crippen molar-refractivity contribution in [3.63, 3.8) is 0 Å². The summed E-state index contributed by atoms with van der Waals surface area (Å²) in [7, 11) is 0. The molecule has 0 spiro atoms. The van der Waals surface area contributed by atoms with Gasteiger partial charge >= 0.3 is 0 Å². The van der Waals surface area contributed by atoms with Crippen molar-refractivity contribution in [3.8, 4) is 17.0 Å². The smallest absolute Gasteiger partial charge is 0.279 e. The summed E-state index contributed by atoms with van der Waals surface area (Å²) in [5, 5.41) is 16.5. The Kier molecular flexibility index (Phi) is 5.12. The van der Waals surface area contributed by atoms with E-state index in [-0.39, 0.29) is 18.2 Å². The molecule has 0 bridgehead atoms. The first-order valence-corrected chi connectivity index (χ1v) is 9.45. The first-order valence-electron chi connectivity index (χ1n) is 8.57. The standard InChI is InChI=1S/C20H14N4O4S/c25-18(23-20-22-15(12-29-20)13-5-2-1-3-6-13)11-28-17-9-8-16(24(26)27)14-7-4-10-21-19(14)17/h1-10,12H,11H2,(H,22,23,25). The fraction of sp³-hybridized carbons (Fsp3) is 0.0500. The van der Waals surface area contributed by atoms with Crippen molar-refractivity contribution in [2.75, 3.05) is 11.9 Å². The second-order valence-corrected chi connectivity index (χ2v) is 6.84. The van der Waals surface area contributed by atoms with E-state index in [0.29, 0.717) is 21.8 Å². The number of nitrogens with zero attached hydrogens (tertiary/aromatic N) is 3. The number of nitrogens with one attached hydrogen (secondary N) is 1. The number of carbonyl (C=O) groups is 1. The molecule has 9 heteroatoms. The zero-order valence-electron chi connectivity index (χ0n) is 14.9. The molecule has 2 heterocycles. The van der Waals surface area contributed by atoms with Crippen LogP contribution in [0.4, 0.5) is 10.8 Å². The summed E-state index contributed by atoms with van der Waals surface area (Å²) in [4.78, 5) is 31.5. The number of carbonyl (C=O) groups excluding carboxylic acids is 1. The molecule has 0 saturated heterocycles. The largest absolute Gasteiger partial charge is 0.481 e. The van der Waals surface area contributed by atoms with E-state index in [1.54, 1.807) is 12.1 Å². The van der Waals surface area contributed by atoms with Gasteiger partial charge in [-0.3, -0.25) is 25.2 Å². The lowest BCUT2D eigenvalue weighted by atomic mass is 10.1. The van der Waals surface area contributed by atoms with Crippen molar-refractivity contribution >= 4 is 39.0 Å². The van der Waals surface area contributed by atoms with Gasteiger partial charge in [-0.25, -0.2) is 4.98 Å². The van der Waals surface area contributed by atoms with Crippen LogP contribution >= 0.6 is 11.3 Å². The summed E-state index contributed by atoms with van der Waals surface area (Å²) >= 11 is 1.32. The lowest BCUT2D eigenvalue weighted by molar-refractivity contribution is -0.383. The van der Waals surface area contributed by atoms with Crippen LogP contribution in [0.25, 0.3) is 22.2 Å². The molecule has 4 aromatic rings. The predicted molar refractivity (Wildman–Crippen MR) is 110 cm³/mol. The molecule has 0 saturated carbocycles. The van der Waals surface area contributed by atoms with E-state index < -0.39 is 4.92 Å². The molecule has 0 atom stereocenters. The lowest BCUT2D eigenvalue weighted by Crippen LogP contribution is -2.20. The van der Waals surface area contributed by atoms with Crippen molar-refractivity contribution in [2.45, 2.75) is 0 Å². The summed E-state index contributed by atoms with van der Waals surface area (Å²) in [6.07, 6.45) is 1.51. The molecule has 144 valence electrons. The summed E-state index contributed by atoms with van der Waals surface area (Å²) in [5.41, 5.74) is 2.00. The second-order valence-electron chi connectivity index (χ2n) is 5.98. The molecule has 4 rings (SSSR count). The number of aromatic nitrogens is 2. The van der Waals surface area contributed by atoms with Crippen LogP contribution in [0.3, 0.4) is 0 Å². The number of rotatable bonds is 6. The third-order valence-electron chi connectivity index (χ3n) is 4.09. The minimum Gasteiger partial charge on any atom is -0.481 e. The monoisotopic (exact) mass is 406 g/mol. The van der Waals surface area contributed by atoms with Crippen molar-refractivity contribution in [2.24, 2.45) is 0 Å². The number of amides is 1. The van der Waals surface area contributed by atoms with E-state index in [0.717, 1.165) is 11.3 Å². The average molecular weight is 406 g/mol. The first-order chi connectivity index (χ1) is 14.1. The molecule has 0 aliphatic rings. The number of ether oxygens (including phenoxy) is 1. The highest BCUT2D eigenvalue weighted by Crippen LogP contribution is 2.31. The minimum atomic E-state index is -0.479. The molecule has 8 nitrogen and oxygen atoms in total. The number of non-ortho nitro benzene ring substituents is 1. The van der Waals surface area contributed by atoms with Crippen molar-refractivity contribution in [3.05, 3.63) is 76.3 Å². The van der Waals surface area contributed by atoms with Crippen LogP contribution in [0.1, 0.15) is 0 Å². The summed E-state index contributed by atoms with van der Waals surface area (Å²) in [6, 6.07) is 15.6. The molecule has 29 heavy (non-hydrogen) atoms. The van der Waals surface area contributed by atoms with Gasteiger partial charge in [0.25, 0.3) is 11.6 Å². The van der Waals surface area contributed by atoms with Gasteiger partial charge in [0.05, 0.1) is 16.0 Å². The Labute approximate surface area is 169 Å². The van der Waals surface area contributed by atoms with E-state index in [4.69, 9.17) is 4.74 Å². The van der Waals surface area contributed by atoms with Gasteiger partial charge in [-0.2, -0.15) is 0 Å². The Balaban J connectivity index is 1.45. The van der Waals surface area contributed by atoms with Crippen LogP contribution in [0.15, 0.2) is 66.2 Å². The van der Waals surface area contributed by atoms with Gasteiger partial charge in [0.2, 0.25) is 0 Å². The number of anilines is 1. The van der Waals surface area contributed by atoms with E-state index in [1.165, 1.54) is 29.7 Å². The van der Waals surface area contributed by atoms with Crippen molar-refractivity contribution in [1.29, 1.82) is 0 Å². The van der Waals surface area contributed by atoms with Gasteiger partial charge in [0, 0.05) is 23.2 Å². The quantitative estimate of drug-likeness (QED) is 0.378. The number of hydrogen-bond donors (Lipinski definition) is 1. The zero-order chi connectivity index (χ0) is 20.2. The molecular formula is C20H14N4O4S. The number of benzene rings is 2. The lowest BCUT2D eigenvalue weighted by Gasteiger charge is -2.08. The predicted octanol–water partition coefficient (Wildman–Crippen LogP) is 4.28. The van der Waals surface area contributed by atoms with Gasteiger partial charge in [-0.15, -0.1) is 11.3 Å². The van der Waals surface area contributed by atoms with Crippen LogP contribution < -0.4 is 10.1 Å².